The van der Waals surface area contributed by atoms with Gasteiger partial charge >= 0.3 is 0 Å². The van der Waals surface area contributed by atoms with Crippen molar-refractivity contribution in [1.82, 2.24) is 5.32 Å². The molecule has 1 aromatic rings. The van der Waals surface area contributed by atoms with Crippen LogP contribution >= 0.6 is 11.3 Å². The Morgan fingerprint density at radius 2 is 2.11 bits per heavy atom. The zero-order valence-electron chi connectivity index (χ0n) is 12.9. The highest BCUT2D eigenvalue weighted by molar-refractivity contribution is 7.10. The van der Waals surface area contributed by atoms with E-state index in [1.807, 2.05) is 11.3 Å². The molecule has 0 aliphatic heterocycles. The molecule has 0 saturated heterocycles. The molecule has 4 unspecified atom stereocenters. The molecule has 2 aliphatic carbocycles. The van der Waals surface area contributed by atoms with E-state index in [9.17, 15) is 0 Å². The van der Waals surface area contributed by atoms with Crippen molar-refractivity contribution in [2.24, 2.45) is 16.7 Å². The Morgan fingerprint density at radius 3 is 2.63 bits per heavy atom. The van der Waals surface area contributed by atoms with E-state index in [0.29, 0.717) is 22.9 Å². The molecule has 0 amide bonds. The second-order valence-corrected chi connectivity index (χ2v) is 8.65. The molecule has 2 saturated carbocycles. The number of fused-ring (bicyclic) bond motifs is 2. The molecule has 2 bridgehead atoms. The Kier molecular flexibility index (Phi) is 3.10. The van der Waals surface area contributed by atoms with Gasteiger partial charge in [0, 0.05) is 17.0 Å². The van der Waals surface area contributed by atoms with E-state index in [-0.39, 0.29) is 0 Å². The topological polar surface area (TPSA) is 12.0 Å². The first-order chi connectivity index (χ1) is 8.84. The maximum atomic E-state index is 3.99. The average molecular weight is 277 g/mol. The van der Waals surface area contributed by atoms with Gasteiger partial charge < -0.3 is 5.32 Å². The maximum absolute atomic E-state index is 3.99. The molecular weight excluding hydrogens is 250 g/mol. The first-order valence-electron chi connectivity index (χ1n) is 7.64. The highest BCUT2D eigenvalue weighted by Gasteiger charge is 2.59. The van der Waals surface area contributed by atoms with E-state index in [0.717, 1.165) is 5.92 Å². The molecule has 2 fully saturated rings. The minimum atomic E-state index is 0.451. The first kappa shape index (κ1) is 13.6. The number of thiophene rings is 1. The molecule has 1 nitrogen and oxygen atoms in total. The molecule has 2 aliphatic rings. The largest absolute Gasteiger partial charge is 0.306 e. The van der Waals surface area contributed by atoms with E-state index < -0.39 is 0 Å². The average Bonchev–Trinajstić information content (AvgIpc) is 2.95. The third-order valence-electron chi connectivity index (χ3n) is 5.98. The predicted molar refractivity (Wildman–Crippen MR) is 83.6 cm³/mol. The standard InChI is InChI=1S/C17H27NS/c1-11-7-9-19-14(11)12(2)18-15-16(3,4)13-6-8-17(15,5)10-13/h7,9,12-13,15,18H,6,8,10H2,1-5H3. The molecule has 0 aromatic carbocycles. The van der Waals surface area contributed by atoms with Gasteiger partial charge in [-0.25, -0.2) is 0 Å². The van der Waals surface area contributed by atoms with Crippen molar-refractivity contribution in [2.45, 2.75) is 66.0 Å². The van der Waals surface area contributed by atoms with Crippen molar-refractivity contribution in [3.05, 3.63) is 21.9 Å². The fraction of sp³-hybridized carbons (Fsp3) is 0.765. The van der Waals surface area contributed by atoms with Crippen LogP contribution in [0.4, 0.5) is 0 Å². The summed E-state index contributed by atoms with van der Waals surface area (Å²) in [6.45, 7) is 12.0. The zero-order valence-corrected chi connectivity index (χ0v) is 13.7. The van der Waals surface area contributed by atoms with Crippen LogP contribution in [0, 0.1) is 23.7 Å². The first-order valence-corrected chi connectivity index (χ1v) is 8.52. The SMILES string of the molecule is Cc1ccsc1C(C)NC1C2(C)CCC(C2)C1(C)C. The van der Waals surface area contributed by atoms with Gasteiger partial charge in [0.2, 0.25) is 0 Å². The second kappa shape index (κ2) is 4.33. The monoisotopic (exact) mass is 277 g/mol. The van der Waals surface area contributed by atoms with E-state index in [1.54, 1.807) is 0 Å². The zero-order chi connectivity index (χ0) is 13.8. The summed E-state index contributed by atoms with van der Waals surface area (Å²) in [5.74, 6) is 0.923. The summed E-state index contributed by atoms with van der Waals surface area (Å²) in [4.78, 5) is 1.52. The summed E-state index contributed by atoms with van der Waals surface area (Å²) in [5.41, 5.74) is 2.41. The summed E-state index contributed by atoms with van der Waals surface area (Å²) < 4.78 is 0. The van der Waals surface area contributed by atoms with Gasteiger partial charge in [0.15, 0.2) is 0 Å². The number of hydrogen-bond donors (Lipinski definition) is 1. The van der Waals surface area contributed by atoms with Crippen molar-refractivity contribution in [2.75, 3.05) is 0 Å². The number of nitrogens with one attached hydrogen (secondary N) is 1. The summed E-state index contributed by atoms with van der Waals surface area (Å²) in [5, 5.41) is 6.21. The Morgan fingerprint density at radius 1 is 1.37 bits per heavy atom. The lowest BCUT2D eigenvalue weighted by Crippen LogP contribution is -2.50. The molecule has 1 aromatic heterocycles. The third kappa shape index (κ3) is 1.99. The van der Waals surface area contributed by atoms with Crippen molar-refractivity contribution < 1.29 is 0 Å². The van der Waals surface area contributed by atoms with Gasteiger partial charge in [-0.05, 0) is 66.9 Å². The Labute approximate surface area is 121 Å². The van der Waals surface area contributed by atoms with Gasteiger partial charge in [0.05, 0.1) is 0 Å². The predicted octanol–water partition coefficient (Wildman–Crippen LogP) is 4.92. The number of aryl methyl sites for hydroxylation is 1. The molecule has 1 N–H and O–H groups in total. The second-order valence-electron chi connectivity index (χ2n) is 7.70. The van der Waals surface area contributed by atoms with E-state index in [2.05, 4.69) is 51.4 Å². The maximum Gasteiger partial charge on any atom is 0.0391 e. The molecule has 1 heterocycles. The lowest BCUT2D eigenvalue weighted by atomic mass is 9.68. The van der Waals surface area contributed by atoms with E-state index >= 15 is 0 Å². The molecule has 3 rings (SSSR count). The van der Waals surface area contributed by atoms with Gasteiger partial charge in [-0.3, -0.25) is 0 Å². The third-order valence-corrected chi connectivity index (χ3v) is 7.18. The molecular formula is C17H27NS. The van der Waals surface area contributed by atoms with Crippen LogP contribution in [0.1, 0.15) is 63.4 Å². The van der Waals surface area contributed by atoms with Crippen molar-refractivity contribution >= 4 is 11.3 Å². The van der Waals surface area contributed by atoms with Crippen molar-refractivity contribution in [3.8, 4) is 0 Å². The minimum Gasteiger partial charge on any atom is -0.306 e. The molecule has 4 atom stereocenters. The van der Waals surface area contributed by atoms with Gasteiger partial charge in [-0.15, -0.1) is 11.3 Å². The highest BCUT2D eigenvalue weighted by atomic mass is 32.1. The van der Waals surface area contributed by atoms with Crippen LogP contribution in [0.15, 0.2) is 11.4 Å². The van der Waals surface area contributed by atoms with Crippen LogP contribution in [-0.2, 0) is 0 Å². The quantitative estimate of drug-likeness (QED) is 0.826. The number of hydrogen-bond acceptors (Lipinski definition) is 2. The molecule has 106 valence electrons. The van der Waals surface area contributed by atoms with Crippen LogP contribution in [-0.4, -0.2) is 6.04 Å². The molecule has 2 heteroatoms. The van der Waals surface area contributed by atoms with Gasteiger partial charge in [-0.2, -0.15) is 0 Å². The summed E-state index contributed by atoms with van der Waals surface area (Å²) >= 11 is 1.90. The van der Waals surface area contributed by atoms with Crippen LogP contribution < -0.4 is 5.32 Å². The van der Waals surface area contributed by atoms with Crippen LogP contribution in [0.3, 0.4) is 0 Å². The van der Waals surface area contributed by atoms with Gasteiger partial charge in [0.25, 0.3) is 0 Å². The van der Waals surface area contributed by atoms with Crippen LogP contribution in [0.5, 0.6) is 0 Å². The summed E-state index contributed by atoms with van der Waals surface area (Å²) in [6.07, 6.45) is 4.27. The highest BCUT2D eigenvalue weighted by Crippen LogP contribution is 2.62. The Balaban J connectivity index is 1.81. The smallest absolute Gasteiger partial charge is 0.0391 e. The van der Waals surface area contributed by atoms with Gasteiger partial charge in [-0.1, -0.05) is 20.8 Å². The van der Waals surface area contributed by atoms with Crippen LogP contribution in [0.25, 0.3) is 0 Å². The Hall–Kier alpha value is -0.340. The van der Waals surface area contributed by atoms with Gasteiger partial charge in [0.1, 0.15) is 0 Å². The minimum absolute atomic E-state index is 0.451. The van der Waals surface area contributed by atoms with Crippen molar-refractivity contribution in [3.63, 3.8) is 0 Å². The Bertz CT molecular complexity index is 471. The normalized spacial score (nSPS) is 37.7. The summed E-state index contributed by atoms with van der Waals surface area (Å²) in [6, 6.07) is 3.39. The summed E-state index contributed by atoms with van der Waals surface area (Å²) in [7, 11) is 0. The van der Waals surface area contributed by atoms with Crippen molar-refractivity contribution in [1.29, 1.82) is 0 Å². The van der Waals surface area contributed by atoms with Crippen LogP contribution in [0.2, 0.25) is 0 Å². The number of rotatable bonds is 3. The fourth-order valence-electron chi connectivity index (χ4n) is 4.87. The van der Waals surface area contributed by atoms with E-state index in [1.165, 1.54) is 29.7 Å². The fourth-order valence-corrected chi connectivity index (χ4v) is 5.82. The molecule has 19 heavy (non-hydrogen) atoms. The lowest BCUT2D eigenvalue weighted by molar-refractivity contribution is 0.101. The lowest BCUT2D eigenvalue weighted by Gasteiger charge is -2.44. The molecule has 0 radical (unpaired) electrons. The molecule has 0 spiro atoms. The van der Waals surface area contributed by atoms with E-state index in [4.69, 9.17) is 0 Å².